The lowest BCUT2D eigenvalue weighted by Gasteiger charge is -2.37. The van der Waals surface area contributed by atoms with Gasteiger partial charge in [0.1, 0.15) is 5.82 Å². The highest BCUT2D eigenvalue weighted by Gasteiger charge is 2.43. The van der Waals surface area contributed by atoms with Gasteiger partial charge in [-0.15, -0.1) is 0 Å². The van der Waals surface area contributed by atoms with E-state index in [0.717, 1.165) is 43.4 Å². The molecule has 3 heteroatoms. The molecule has 1 aromatic carbocycles. The summed E-state index contributed by atoms with van der Waals surface area (Å²) in [6.45, 7) is 4.86. The minimum atomic E-state index is -0.259. The standard InChI is InChI=1S/C16H24FNO/c1-4-18-15(16(19-3)9-5-6-10-16)13-11-12(2)7-8-14(13)17/h7-8,11,15,18H,4-6,9-10H2,1-3H3. The number of hydrogen-bond acceptors (Lipinski definition) is 2. The van der Waals surface area contributed by atoms with Crippen LogP contribution in [0.4, 0.5) is 4.39 Å². The van der Waals surface area contributed by atoms with Gasteiger partial charge in [-0.1, -0.05) is 37.5 Å². The van der Waals surface area contributed by atoms with Gasteiger partial charge in [0.25, 0.3) is 0 Å². The van der Waals surface area contributed by atoms with Gasteiger partial charge >= 0.3 is 0 Å². The van der Waals surface area contributed by atoms with Crippen molar-refractivity contribution in [2.75, 3.05) is 13.7 Å². The lowest BCUT2D eigenvalue weighted by atomic mass is 9.85. The average Bonchev–Trinajstić information content (AvgIpc) is 2.89. The Morgan fingerprint density at radius 1 is 1.37 bits per heavy atom. The van der Waals surface area contributed by atoms with E-state index in [1.807, 2.05) is 19.1 Å². The van der Waals surface area contributed by atoms with E-state index in [1.54, 1.807) is 13.2 Å². The molecule has 0 heterocycles. The zero-order chi connectivity index (χ0) is 13.9. The van der Waals surface area contributed by atoms with Crippen molar-refractivity contribution >= 4 is 0 Å². The Morgan fingerprint density at radius 2 is 2.05 bits per heavy atom. The Hall–Kier alpha value is -0.930. The van der Waals surface area contributed by atoms with Crippen molar-refractivity contribution in [1.29, 1.82) is 0 Å². The van der Waals surface area contributed by atoms with Crippen LogP contribution in [0.5, 0.6) is 0 Å². The van der Waals surface area contributed by atoms with Crippen LogP contribution in [0.15, 0.2) is 18.2 Å². The lowest BCUT2D eigenvalue weighted by molar-refractivity contribution is -0.0372. The molecule has 2 rings (SSSR count). The quantitative estimate of drug-likeness (QED) is 0.875. The van der Waals surface area contributed by atoms with Gasteiger partial charge in [-0.2, -0.15) is 0 Å². The molecule has 0 radical (unpaired) electrons. The number of halogens is 1. The summed E-state index contributed by atoms with van der Waals surface area (Å²) in [5.74, 6) is -0.139. The number of hydrogen-bond donors (Lipinski definition) is 1. The van der Waals surface area contributed by atoms with Crippen molar-refractivity contribution in [2.24, 2.45) is 0 Å². The van der Waals surface area contributed by atoms with E-state index >= 15 is 0 Å². The average molecular weight is 265 g/mol. The molecule has 0 spiro atoms. The lowest BCUT2D eigenvalue weighted by Crippen LogP contribution is -2.44. The minimum Gasteiger partial charge on any atom is -0.376 e. The molecule has 1 N–H and O–H groups in total. The first-order valence-corrected chi connectivity index (χ1v) is 7.17. The molecule has 0 aliphatic heterocycles. The van der Waals surface area contributed by atoms with Crippen LogP contribution < -0.4 is 5.32 Å². The Bertz CT molecular complexity index is 427. The summed E-state index contributed by atoms with van der Waals surface area (Å²) in [6, 6.07) is 5.26. The SMILES string of the molecule is CCNC(c1cc(C)ccc1F)C1(OC)CCCC1. The number of ether oxygens (including phenoxy) is 1. The number of likely N-dealkylation sites (N-methyl/N-ethyl adjacent to an activating group) is 1. The Kier molecular flexibility index (Phi) is 4.58. The third kappa shape index (κ3) is 2.82. The summed E-state index contributed by atoms with van der Waals surface area (Å²) in [5.41, 5.74) is 1.57. The molecule has 106 valence electrons. The highest BCUT2D eigenvalue weighted by molar-refractivity contribution is 5.29. The molecule has 1 atom stereocenters. The van der Waals surface area contributed by atoms with E-state index in [-0.39, 0.29) is 17.5 Å². The monoisotopic (exact) mass is 265 g/mol. The van der Waals surface area contributed by atoms with Crippen molar-refractivity contribution in [2.45, 2.75) is 51.2 Å². The smallest absolute Gasteiger partial charge is 0.128 e. The maximum Gasteiger partial charge on any atom is 0.128 e. The van der Waals surface area contributed by atoms with Crippen LogP contribution >= 0.6 is 0 Å². The van der Waals surface area contributed by atoms with Crippen LogP contribution in [0.3, 0.4) is 0 Å². The third-order valence-electron chi connectivity index (χ3n) is 4.25. The second-order valence-corrected chi connectivity index (χ2v) is 5.49. The van der Waals surface area contributed by atoms with Gasteiger partial charge in [0, 0.05) is 12.7 Å². The highest BCUT2D eigenvalue weighted by atomic mass is 19.1. The third-order valence-corrected chi connectivity index (χ3v) is 4.25. The largest absolute Gasteiger partial charge is 0.376 e. The number of methoxy groups -OCH3 is 1. The molecule has 0 aromatic heterocycles. The molecular weight excluding hydrogens is 241 g/mol. The maximum absolute atomic E-state index is 14.2. The van der Waals surface area contributed by atoms with Crippen LogP contribution in [0.25, 0.3) is 0 Å². The number of rotatable bonds is 5. The van der Waals surface area contributed by atoms with Crippen molar-refractivity contribution in [3.05, 3.63) is 35.1 Å². The zero-order valence-corrected chi connectivity index (χ0v) is 12.1. The van der Waals surface area contributed by atoms with E-state index in [9.17, 15) is 4.39 Å². The molecule has 1 aromatic rings. The van der Waals surface area contributed by atoms with Crippen LogP contribution in [-0.4, -0.2) is 19.3 Å². The summed E-state index contributed by atoms with van der Waals surface area (Å²) in [7, 11) is 1.75. The van der Waals surface area contributed by atoms with Crippen LogP contribution in [0, 0.1) is 12.7 Å². The van der Waals surface area contributed by atoms with Gasteiger partial charge in [0.2, 0.25) is 0 Å². The maximum atomic E-state index is 14.2. The van der Waals surface area contributed by atoms with Gasteiger partial charge in [0.05, 0.1) is 11.6 Å². The predicted octanol–water partition coefficient (Wildman–Crippen LogP) is 3.74. The molecule has 1 aliphatic rings. The molecule has 1 unspecified atom stereocenters. The number of benzene rings is 1. The van der Waals surface area contributed by atoms with E-state index in [4.69, 9.17) is 4.74 Å². The van der Waals surface area contributed by atoms with Gasteiger partial charge < -0.3 is 10.1 Å². The second kappa shape index (κ2) is 6.02. The molecular formula is C16H24FNO. The van der Waals surface area contributed by atoms with Crippen LogP contribution in [0.2, 0.25) is 0 Å². The fourth-order valence-electron chi connectivity index (χ4n) is 3.25. The molecule has 0 amide bonds. The highest BCUT2D eigenvalue weighted by Crippen LogP contribution is 2.43. The number of nitrogens with one attached hydrogen (secondary N) is 1. The molecule has 2 nitrogen and oxygen atoms in total. The normalized spacial score (nSPS) is 19.6. The topological polar surface area (TPSA) is 21.3 Å². The van der Waals surface area contributed by atoms with E-state index in [0.29, 0.717) is 0 Å². The zero-order valence-electron chi connectivity index (χ0n) is 12.1. The Morgan fingerprint density at radius 3 is 2.63 bits per heavy atom. The predicted molar refractivity (Wildman–Crippen MR) is 75.8 cm³/mol. The molecule has 19 heavy (non-hydrogen) atoms. The molecule has 0 saturated heterocycles. The summed E-state index contributed by atoms with van der Waals surface area (Å²) in [6.07, 6.45) is 4.30. The van der Waals surface area contributed by atoms with Crippen molar-refractivity contribution in [1.82, 2.24) is 5.32 Å². The minimum absolute atomic E-state index is 0.0649. The van der Waals surface area contributed by atoms with E-state index < -0.39 is 0 Å². The first-order chi connectivity index (χ1) is 9.13. The van der Waals surface area contributed by atoms with Crippen LogP contribution in [-0.2, 0) is 4.74 Å². The molecule has 1 saturated carbocycles. The molecule has 0 bridgehead atoms. The van der Waals surface area contributed by atoms with E-state index in [1.165, 1.54) is 0 Å². The van der Waals surface area contributed by atoms with Gasteiger partial charge in [0.15, 0.2) is 0 Å². The second-order valence-electron chi connectivity index (χ2n) is 5.49. The van der Waals surface area contributed by atoms with E-state index in [2.05, 4.69) is 12.2 Å². The van der Waals surface area contributed by atoms with Gasteiger partial charge in [-0.3, -0.25) is 0 Å². The fraction of sp³-hybridized carbons (Fsp3) is 0.625. The first-order valence-electron chi connectivity index (χ1n) is 7.17. The summed E-state index contributed by atoms with van der Waals surface area (Å²) >= 11 is 0. The molecule has 1 fully saturated rings. The summed E-state index contributed by atoms with van der Waals surface area (Å²) in [5, 5.41) is 3.44. The van der Waals surface area contributed by atoms with Gasteiger partial charge in [-0.25, -0.2) is 4.39 Å². The van der Waals surface area contributed by atoms with Gasteiger partial charge in [-0.05, 0) is 32.4 Å². The Labute approximate surface area is 115 Å². The number of aryl methyl sites for hydroxylation is 1. The first kappa shape index (κ1) is 14.5. The van der Waals surface area contributed by atoms with Crippen molar-refractivity contribution in [3.63, 3.8) is 0 Å². The van der Waals surface area contributed by atoms with Crippen molar-refractivity contribution in [3.8, 4) is 0 Å². The summed E-state index contributed by atoms with van der Waals surface area (Å²) < 4.78 is 20.0. The Balaban J connectivity index is 2.41. The van der Waals surface area contributed by atoms with Crippen LogP contribution in [0.1, 0.15) is 49.8 Å². The fourth-order valence-corrected chi connectivity index (χ4v) is 3.25. The molecule has 1 aliphatic carbocycles. The summed E-state index contributed by atoms with van der Waals surface area (Å²) in [4.78, 5) is 0. The van der Waals surface area contributed by atoms with Crippen molar-refractivity contribution < 1.29 is 9.13 Å².